The first kappa shape index (κ1) is 15.5. The third-order valence-electron chi connectivity index (χ3n) is 3.32. The van der Waals surface area contributed by atoms with E-state index >= 15 is 0 Å². The number of nitrogen functional groups attached to an aromatic ring is 1. The van der Waals surface area contributed by atoms with Crippen LogP contribution in [-0.2, 0) is 0 Å². The summed E-state index contributed by atoms with van der Waals surface area (Å²) in [5.74, 6) is -0.540. The van der Waals surface area contributed by atoms with Gasteiger partial charge in [-0.15, -0.1) is 0 Å². The molecule has 5 heteroatoms. The number of nitrogens with one attached hydrogen (secondary N) is 1. The molecule has 1 amide bonds. The van der Waals surface area contributed by atoms with E-state index in [1.54, 1.807) is 37.3 Å². The molecule has 0 saturated carbocycles. The Morgan fingerprint density at radius 1 is 1.33 bits per heavy atom. The summed E-state index contributed by atoms with van der Waals surface area (Å²) in [6.45, 7) is 3.51. The number of rotatable bonds is 3. The lowest BCUT2D eigenvalue weighted by atomic mass is 10.1. The largest absolute Gasteiger partial charge is 0.398 e. The van der Waals surface area contributed by atoms with Gasteiger partial charge in [-0.05, 0) is 59.1 Å². The second-order valence-electron chi connectivity index (χ2n) is 4.91. The lowest BCUT2D eigenvalue weighted by Gasteiger charge is -2.16. The molecule has 2 rings (SSSR count). The van der Waals surface area contributed by atoms with Crippen molar-refractivity contribution in [2.45, 2.75) is 19.9 Å². The van der Waals surface area contributed by atoms with Gasteiger partial charge in [-0.2, -0.15) is 0 Å². The molecule has 2 aromatic rings. The SMILES string of the molecule is Cc1ccc(C(C)NC(=O)c2cccc(N)c2Br)cc1F. The Balaban J connectivity index is 2.18. The monoisotopic (exact) mass is 350 g/mol. The summed E-state index contributed by atoms with van der Waals surface area (Å²) in [4.78, 5) is 12.3. The van der Waals surface area contributed by atoms with Crippen LogP contribution < -0.4 is 11.1 Å². The molecule has 0 aromatic heterocycles. The van der Waals surface area contributed by atoms with Crippen molar-refractivity contribution in [3.05, 3.63) is 63.4 Å². The fraction of sp³-hybridized carbons (Fsp3) is 0.188. The number of anilines is 1. The van der Waals surface area contributed by atoms with Gasteiger partial charge in [0.15, 0.2) is 0 Å². The van der Waals surface area contributed by atoms with Gasteiger partial charge in [0.05, 0.1) is 16.1 Å². The Morgan fingerprint density at radius 2 is 2.05 bits per heavy atom. The molecule has 21 heavy (non-hydrogen) atoms. The normalized spacial score (nSPS) is 12.0. The van der Waals surface area contributed by atoms with Crippen molar-refractivity contribution >= 4 is 27.5 Å². The number of halogens is 2. The summed E-state index contributed by atoms with van der Waals surface area (Å²) in [7, 11) is 0. The molecule has 0 spiro atoms. The Bertz CT molecular complexity index is 688. The highest BCUT2D eigenvalue weighted by molar-refractivity contribution is 9.10. The standard InChI is InChI=1S/C16H16BrFN2O/c1-9-6-7-11(8-13(9)18)10(2)20-16(21)12-4-3-5-14(19)15(12)17/h3-8,10H,19H2,1-2H3,(H,20,21). The Hall–Kier alpha value is -1.88. The third-order valence-corrected chi connectivity index (χ3v) is 4.20. The van der Waals surface area contributed by atoms with Gasteiger partial charge >= 0.3 is 0 Å². The molecule has 2 aromatic carbocycles. The highest BCUT2D eigenvalue weighted by atomic mass is 79.9. The molecule has 0 aliphatic carbocycles. The van der Waals surface area contributed by atoms with E-state index in [9.17, 15) is 9.18 Å². The first-order valence-corrected chi connectivity index (χ1v) is 7.30. The van der Waals surface area contributed by atoms with Crippen molar-refractivity contribution in [2.24, 2.45) is 0 Å². The number of benzene rings is 2. The maximum atomic E-state index is 13.6. The molecular formula is C16H16BrFN2O. The van der Waals surface area contributed by atoms with Crippen LogP contribution in [0.2, 0.25) is 0 Å². The summed E-state index contributed by atoms with van der Waals surface area (Å²) in [6, 6.07) is 9.74. The number of amides is 1. The van der Waals surface area contributed by atoms with E-state index in [2.05, 4.69) is 21.2 Å². The predicted molar refractivity (Wildman–Crippen MR) is 85.6 cm³/mol. The molecule has 0 heterocycles. The lowest BCUT2D eigenvalue weighted by Crippen LogP contribution is -2.27. The fourth-order valence-corrected chi connectivity index (χ4v) is 2.41. The second kappa shape index (κ2) is 6.26. The van der Waals surface area contributed by atoms with E-state index in [-0.39, 0.29) is 17.8 Å². The van der Waals surface area contributed by atoms with Crippen LogP contribution in [0, 0.1) is 12.7 Å². The van der Waals surface area contributed by atoms with Gasteiger partial charge in [0, 0.05) is 5.69 Å². The van der Waals surface area contributed by atoms with Gasteiger partial charge in [0.1, 0.15) is 5.82 Å². The zero-order valence-electron chi connectivity index (χ0n) is 11.8. The van der Waals surface area contributed by atoms with Crippen LogP contribution in [0.4, 0.5) is 10.1 Å². The van der Waals surface area contributed by atoms with Gasteiger partial charge < -0.3 is 11.1 Å². The molecule has 3 nitrogen and oxygen atoms in total. The van der Waals surface area contributed by atoms with Crippen molar-refractivity contribution < 1.29 is 9.18 Å². The van der Waals surface area contributed by atoms with Crippen LogP contribution in [0.3, 0.4) is 0 Å². The molecular weight excluding hydrogens is 335 g/mol. The molecule has 0 aliphatic rings. The first-order valence-electron chi connectivity index (χ1n) is 6.51. The van der Waals surface area contributed by atoms with Crippen LogP contribution in [0.15, 0.2) is 40.9 Å². The molecule has 1 atom stereocenters. The van der Waals surface area contributed by atoms with Crippen molar-refractivity contribution in [2.75, 3.05) is 5.73 Å². The van der Waals surface area contributed by atoms with Crippen LogP contribution in [-0.4, -0.2) is 5.91 Å². The van der Waals surface area contributed by atoms with Crippen LogP contribution in [0.1, 0.15) is 34.5 Å². The number of hydrogen-bond donors (Lipinski definition) is 2. The zero-order valence-corrected chi connectivity index (χ0v) is 13.4. The smallest absolute Gasteiger partial charge is 0.252 e. The maximum absolute atomic E-state index is 13.6. The Labute approximate surface area is 131 Å². The van der Waals surface area contributed by atoms with E-state index < -0.39 is 0 Å². The molecule has 0 radical (unpaired) electrons. The summed E-state index contributed by atoms with van der Waals surface area (Å²) in [5.41, 5.74) is 8.00. The third kappa shape index (κ3) is 3.42. The topological polar surface area (TPSA) is 55.1 Å². The molecule has 0 saturated heterocycles. The van der Waals surface area contributed by atoms with E-state index in [0.717, 1.165) is 0 Å². The Morgan fingerprint density at radius 3 is 2.71 bits per heavy atom. The lowest BCUT2D eigenvalue weighted by molar-refractivity contribution is 0.0939. The molecule has 0 aliphatic heterocycles. The maximum Gasteiger partial charge on any atom is 0.252 e. The predicted octanol–water partition coefficient (Wildman–Crippen LogP) is 3.97. The average molecular weight is 351 g/mol. The molecule has 0 bridgehead atoms. The summed E-state index contributed by atoms with van der Waals surface area (Å²) in [5, 5.41) is 2.84. The number of hydrogen-bond acceptors (Lipinski definition) is 2. The van der Waals surface area contributed by atoms with Gasteiger partial charge in [-0.25, -0.2) is 4.39 Å². The minimum Gasteiger partial charge on any atom is -0.398 e. The molecule has 110 valence electrons. The summed E-state index contributed by atoms with van der Waals surface area (Å²) in [6.07, 6.45) is 0. The second-order valence-corrected chi connectivity index (χ2v) is 5.71. The van der Waals surface area contributed by atoms with Crippen LogP contribution in [0.25, 0.3) is 0 Å². The van der Waals surface area contributed by atoms with Crippen molar-refractivity contribution in [3.8, 4) is 0 Å². The number of carbonyl (C=O) groups is 1. The summed E-state index contributed by atoms with van der Waals surface area (Å²) >= 11 is 3.30. The van der Waals surface area contributed by atoms with Crippen molar-refractivity contribution in [1.82, 2.24) is 5.32 Å². The number of aryl methyl sites for hydroxylation is 1. The molecule has 3 N–H and O–H groups in total. The fourth-order valence-electron chi connectivity index (χ4n) is 1.96. The highest BCUT2D eigenvalue weighted by Crippen LogP contribution is 2.24. The minimum atomic E-state index is -0.305. The van der Waals surface area contributed by atoms with Gasteiger partial charge in [0.25, 0.3) is 5.91 Å². The van der Waals surface area contributed by atoms with Gasteiger partial charge in [-0.1, -0.05) is 18.2 Å². The number of carbonyl (C=O) groups excluding carboxylic acids is 1. The van der Waals surface area contributed by atoms with Crippen LogP contribution >= 0.6 is 15.9 Å². The molecule has 1 unspecified atom stereocenters. The van der Waals surface area contributed by atoms with Gasteiger partial charge in [-0.3, -0.25) is 4.79 Å². The minimum absolute atomic E-state index is 0.261. The van der Waals surface area contributed by atoms with Crippen molar-refractivity contribution in [1.29, 1.82) is 0 Å². The molecule has 0 fully saturated rings. The highest BCUT2D eigenvalue weighted by Gasteiger charge is 2.15. The van der Waals surface area contributed by atoms with Gasteiger partial charge in [0.2, 0.25) is 0 Å². The Kier molecular flexibility index (Phi) is 4.63. The average Bonchev–Trinajstić information content (AvgIpc) is 2.44. The first-order chi connectivity index (χ1) is 9.90. The van der Waals surface area contributed by atoms with E-state index in [4.69, 9.17) is 5.73 Å². The number of nitrogens with two attached hydrogens (primary N) is 1. The van der Waals surface area contributed by atoms with Crippen LogP contribution in [0.5, 0.6) is 0 Å². The van der Waals surface area contributed by atoms with E-state index in [0.29, 0.717) is 26.9 Å². The summed E-state index contributed by atoms with van der Waals surface area (Å²) < 4.78 is 14.1. The van der Waals surface area contributed by atoms with E-state index in [1.807, 2.05) is 6.92 Å². The zero-order chi connectivity index (χ0) is 15.6. The van der Waals surface area contributed by atoms with E-state index in [1.165, 1.54) is 6.07 Å². The van der Waals surface area contributed by atoms with Crippen molar-refractivity contribution in [3.63, 3.8) is 0 Å². The quantitative estimate of drug-likeness (QED) is 0.823.